The van der Waals surface area contributed by atoms with E-state index in [0.29, 0.717) is 0 Å². The van der Waals surface area contributed by atoms with Crippen molar-refractivity contribution in [2.24, 2.45) is 0 Å². The van der Waals surface area contributed by atoms with Crippen molar-refractivity contribution in [1.82, 2.24) is 10.2 Å². The first-order valence-corrected chi connectivity index (χ1v) is 4.68. The van der Waals surface area contributed by atoms with Gasteiger partial charge < -0.3 is 10.1 Å². The molecular formula is C9H17N3O. The quantitative estimate of drug-likeness (QED) is 0.659. The van der Waals surface area contributed by atoms with Crippen LogP contribution >= 0.6 is 0 Å². The number of morpholine rings is 1. The molecule has 0 aromatic rings. The van der Waals surface area contributed by atoms with Gasteiger partial charge in [0.25, 0.3) is 0 Å². The highest BCUT2D eigenvalue weighted by Gasteiger charge is 2.23. The summed E-state index contributed by atoms with van der Waals surface area (Å²) < 4.78 is 5.25. The number of nitrogens with zero attached hydrogens (tertiary/aromatic N) is 2. The normalized spacial score (nSPS) is 23.5. The fourth-order valence-corrected chi connectivity index (χ4v) is 1.61. The van der Waals surface area contributed by atoms with Gasteiger partial charge in [0.1, 0.15) is 6.04 Å². The summed E-state index contributed by atoms with van der Waals surface area (Å²) in [4.78, 5) is 2.29. The topological polar surface area (TPSA) is 48.3 Å². The van der Waals surface area contributed by atoms with Crippen molar-refractivity contribution < 1.29 is 4.74 Å². The minimum Gasteiger partial charge on any atom is -0.379 e. The lowest BCUT2D eigenvalue weighted by Crippen LogP contribution is -2.50. The SMILES string of the molecule is CNC(C#N)C(C)N1CCOCC1. The van der Waals surface area contributed by atoms with Crippen LogP contribution in [0.4, 0.5) is 0 Å². The van der Waals surface area contributed by atoms with Gasteiger partial charge in [0.2, 0.25) is 0 Å². The van der Waals surface area contributed by atoms with Crippen molar-refractivity contribution in [3.05, 3.63) is 0 Å². The van der Waals surface area contributed by atoms with E-state index in [1.807, 2.05) is 7.05 Å². The second-order valence-corrected chi connectivity index (χ2v) is 3.28. The molecule has 1 heterocycles. The van der Waals surface area contributed by atoms with Crippen LogP contribution in [0, 0.1) is 11.3 Å². The second-order valence-electron chi connectivity index (χ2n) is 3.28. The average Bonchev–Trinajstić information content (AvgIpc) is 2.21. The molecule has 74 valence electrons. The molecule has 1 fully saturated rings. The molecule has 4 heteroatoms. The van der Waals surface area contributed by atoms with E-state index in [2.05, 4.69) is 23.2 Å². The van der Waals surface area contributed by atoms with Crippen LogP contribution in [0.5, 0.6) is 0 Å². The summed E-state index contributed by atoms with van der Waals surface area (Å²) in [6, 6.07) is 2.43. The molecule has 1 rings (SSSR count). The van der Waals surface area contributed by atoms with Crippen LogP contribution in [-0.4, -0.2) is 50.3 Å². The van der Waals surface area contributed by atoms with E-state index in [1.165, 1.54) is 0 Å². The molecule has 13 heavy (non-hydrogen) atoms. The van der Waals surface area contributed by atoms with Gasteiger partial charge in [-0.25, -0.2) is 0 Å². The number of likely N-dealkylation sites (N-methyl/N-ethyl adjacent to an activating group) is 1. The van der Waals surface area contributed by atoms with Gasteiger partial charge in [0, 0.05) is 19.1 Å². The van der Waals surface area contributed by atoms with E-state index in [-0.39, 0.29) is 12.1 Å². The summed E-state index contributed by atoms with van der Waals surface area (Å²) in [7, 11) is 1.82. The summed E-state index contributed by atoms with van der Waals surface area (Å²) in [6.45, 7) is 5.51. The summed E-state index contributed by atoms with van der Waals surface area (Å²) in [5.41, 5.74) is 0. The highest BCUT2D eigenvalue weighted by molar-refractivity contribution is 4.97. The van der Waals surface area contributed by atoms with Crippen molar-refractivity contribution in [2.45, 2.75) is 19.0 Å². The largest absolute Gasteiger partial charge is 0.379 e. The lowest BCUT2D eigenvalue weighted by Gasteiger charge is -2.34. The Kier molecular flexibility index (Phi) is 4.16. The molecule has 1 aliphatic heterocycles. The molecular weight excluding hydrogens is 166 g/mol. The lowest BCUT2D eigenvalue weighted by molar-refractivity contribution is 0.0166. The zero-order chi connectivity index (χ0) is 9.68. The van der Waals surface area contributed by atoms with Crippen LogP contribution in [0.15, 0.2) is 0 Å². The monoisotopic (exact) mass is 183 g/mol. The standard InChI is InChI=1S/C9H17N3O/c1-8(9(7-10)11-2)12-3-5-13-6-4-12/h8-9,11H,3-6H2,1-2H3. The van der Waals surface area contributed by atoms with Gasteiger partial charge in [-0.15, -0.1) is 0 Å². The van der Waals surface area contributed by atoms with Gasteiger partial charge in [0.05, 0.1) is 19.3 Å². The van der Waals surface area contributed by atoms with Gasteiger partial charge in [-0.2, -0.15) is 5.26 Å². The minimum absolute atomic E-state index is 0.0851. The van der Waals surface area contributed by atoms with E-state index < -0.39 is 0 Å². The van der Waals surface area contributed by atoms with Crippen molar-refractivity contribution >= 4 is 0 Å². The molecule has 0 aromatic carbocycles. The molecule has 2 unspecified atom stereocenters. The first kappa shape index (κ1) is 10.5. The predicted molar refractivity (Wildman–Crippen MR) is 50.3 cm³/mol. The fraction of sp³-hybridized carbons (Fsp3) is 0.889. The molecule has 0 saturated carbocycles. The van der Waals surface area contributed by atoms with Gasteiger partial charge >= 0.3 is 0 Å². The molecule has 0 spiro atoms. The highest BCUT2D eigenvalue weighted by atomic mass is 16.5. The number of nitriles is 1. The summed E-state index contributed by atoms with van der Waals surface area (Å²) in [6.07, 6.45) is 0. The molecule has 1 saturated heterocycles. The molecule has 0 aliphatic carbocycles. The number of hydrogen-bond acceptors (Lipinski definition) is 4. The Hall–Kier alpha value is -0.630. The predicted octanol–water partition coefficient (Wildman–Crippen LogP) is -0.181. The first-order valence-electron chi connectivity index (χ1n) is 4.68. The van der Waals surface area contributed by atoms with E-state index in [1.54, 1.807) is 0 Å². The number of rotatable bonds is 3. The Bertz CT molecular complexity index is 184. The smallest absolute Gasteiger partial charge is 0.110 e. The minimum atomic E-state index is -0.0851. The Morgan fingerprint density at radius 3 is 2.54 bits per heavy atom. The van der Waals surface area contributed by atoms with Gasteiger partial charge in [-0.1, -0.05) is 0 Å². The highest BCUT2D eigenvalue weighted by Crippen LogP contribution is 2.06. The van der Waals surface area contributed by atoms with Gasteiger partial charge in [-0.3, -0.25) is 4.90 Å². The molecule has 0 radical (unpaired) electrons. The molecule has 1 aliphatic rings. The van der Waals surface area contributed by atoms with E-state index in [0.717, 1.165) is 26.3 Å². The first-order chi connectivity index (χ1) is 6.29. The van der Waals surface area contributed by atoms with Crippen LogP contribution in [0.1, 0.15) is 6.92 Å². The van der Waals surface area contributed by atoms with Gasteiger partial charge in [0.15, 0.2) is 0 Å². The van der Waals surface area contributed by atoms with Crippen molar-refractivity contribution in [3.8, 4) is 6.07 Å². The summed E-state index contributed by atoms with van der Waals surface area (Å²) in [5, 5.41) is 11.9. The maximum absolute atomic E-state index is 8.86. The van der Waals surface area contributed by atoms with E-state index in [9.17, 15) is 0 Å². The van der Waals surface area contributed by atoms with Crippen LogP contribution < -0.4 is 5.32 Å². The van der Waals surface area contributed by atoms with Crippen LogP contribution in [0.2, 0.25) is 0 Å². The number of hydrogen-bond donors (Lipinski definition) is 1. The van der Waals surface area contributed by atoms with E-state index in [4.69, 9.17) is 10.00 Å². The summed E-state index contributed by atoms with van der Waals surface area (Å²) in [5.74, 6) is 0. The van der Waals surface area contributed by atoms with Crippen LogP contribution in [-0.2, 0) is 4.74 Å². The molecule has 1 N–H and O–H groups in total. The molecule has 0 amide bonds. The maximum Gasteiger partial charge on any atom is 0.110 e. The molecule has 2 atom stereocenters. The van der Waals surface area contributed by atoms with Crippen LogP contribution in [0.3, 0.4) is 0 Å². The summed E-state index contributed by atoms with van der Waals surface area (Å²) >= 11 is 0. The molecule has 0 aromatic heterocycles. The Balaban J connectivity index is 2.44. The second kappa shape index (κ2) is 5.18. The molecule has 0 bridgehead atoms. The molecule has 4 nitrogen and oxygen atoms in total. The van der Waals surface area contributed by atoms with Crippen molar-refractivity contribution in [2.75, 3.05) is 33.4 Å². The Morgan fingerprint density at radius 2 is 2.08 bits per heavy atom. The van der Waals surface area contributed by atoms with Crippen molar-refractivity contribution in [1.29, 1.82) is 5.26 Å². The number of nitrogens with one attached hydrogen (secondary N) is 1. The third kappa shape index (κ3) is 2.66. The third-order valence-corrected chi connectivity index (χ3v) is 2.55. The third-order valence-electron chi connectivity index (χ3n) is 2.55. The van der Waals surface area contributed by atoms with E-state index >= 15 is 0 Å². The zero-order valence-electron chi connectivity index (χ0n) is 8.29. The fourth-order valence-electron chi connectivity index (χ4n) is 1.61. The van der Waals surface area contributed by atoms with Crippen molar-refractivity contribution in [3.63, 3.8) is 0 Å². The Morgan fingerprint density at radius 1 is 1.46 bits per heavy atom. The number of ether oxygens (including phenoxy) is 1. The lowest BCUT2D eigenvalue weighted by atomic mass is 10.1. The van der Waals surface area contributed by atoms with Crippen LogP contribution in [0.25, 0.3) is 0 Å². The average molecular weight is 183 g/mol. The van der Waals surface area contributed by atoms with Gasteiger partial charge in [-0.05, 0) is 14.0 Å². The zero-order valence-corrected chi connectivity index (χ0v) is 8.29. The Labute approximate surface area is 79.5 Å². The maximum atomic E-state index is 8.86.